The molecule has 0 aromatic heterocycles. The molecule has 0 radical (unpaired) electrons. The third-order valence-corrected chi connectivity index (χ3v) is 6.34. The van der Waals surface area contributed by atoms with Gasteiger partial charge < -0.3 is 9.47 Å². The van der Waals surface area contributed by atoms with Gasteiger partial charge in [0.1, 0.15) is 0 Å². The van der Waals surface area contributed by atoms with Crippen molar-refractivity contribution in [3.8, 4) is 0 Å². The van der Waals surface area contributed by atoms with Crippen LogP contribution in [0.4, 0.5) is 0 Å². The first kappa shape index (κ1) is 17.7. The molecule has 3 fully saturated rings. The molecule has 0 bridgehead atoms. The predicted molar refractivity (Wildman–Crippen MR) is 95.8 cm³/mol. The maximum atomic E-state index is 6.43. The SMILES string of the molecule is C1CCCC(OCC2CCCC(OC3CCCCC3)CC2)CC1. The van der Waals surface area contributed by atoms with Crippen LogP contribution >= 0.6 is 0 Å². The molecule has 3 rings (SSSR count). The molecule has 2 atom stereocenters. The third-order valence-electron chi connectivity index (χ3n) is 6.34. The fraction of sp³-hybridized carbons (Fsp3) is 1.00. The monoisotopic (exact) mass is 322 g/mol. The average molecular weight is 323 g/mol. The van der Waals surface area contributed by atoms with Crippen LogP contribution in [0.1, 0.15) is 103 Å². The van der Waals surface area contributed by atoms with Crippen molar-refractivity contribution in [2.75, 3.05) is 6.61 Å². The minimum Gasteiger partial charge on any atom is -0.378 e. The van der Waals surface area contributed by atoms with E-state index in [0.717, 1.165) is 12.5 Å². The fourth-order valence-electron chi connectivity index (χ4n) is 4.80. The molecule has 2 unspecified atom stereocenters. The Balaban J connectivity index is 1.34. The summed E-state index contributed by atoms with van der Waals surface area (Å²) < 4.78 is 12.7. The highest BCUT2D eigenvalue weighted by molar-refractivity contribution is 4.74. The second-order valence-electron chi connectivity index (χ2n) is 8.34. The number of hydrogen-bond donors (Lipinski definition) is 0. The number of ether oxygens (including phenoxy) is 2. The lowest BCUT2D eigenvalue weighted by Crippen LogP contribution is -2.24. The van der Waals surface area contributed by atoms with Gasteiger partial charge in [-0.2, -0.15) is 0 Å². The molecule has 3 saturated carbocycles. The third kappa shape index (κ3) is 6.38. The molecule has 2 nitrogen and oxygen atoms in total. The van der Waals surface area contributed by atoms with Crippen molar-refractivity contribution in [3.05, 3.63) is 0 Å². The fourth-order valence-corrected chi connectivity index (χ4v) is 4.80. The molecule has 0 N–H and O–H groups in total. The van der Waals surface area contributed by atoms with E-state index in [0.29, 0.717) is 18.3 Å². The highest BCUT2D eigenvalue weighted by Gasteiger charge is 2.24. The lowest BCUT2D eigenvalue weighted by atomic mass is 9.97. The summed E-state index contributed by atoms with van der Waals surface area (Å²) >= 11 is 0. The molecule has 23 heavy (non-hydrogen) atoms. The van der Waals surface area contributed by atoms with Crippen LogP contribution in [-0.4, -0.2) is 24.9 Å². The molecule has 3 aliphatic carbocycles. The smallest absolute Gasteiger partial charge is 0.0579 e. The molecular formula is C21H38O2. The van der Waals surface area contributed by atoms with Crippen molar-refractivity contribution in [2.45, 2.75) is 121 Å². The van der Waals surface area contributed by atoms with Crippen LogP contribution in [0.2, 0.25) is 0 Å². The van der Waals surface area contributed by atoms with Gasteiger partial charge in [-0.25, -0.2) is 0 Å². The first-order chi connectivity index (χ1) is 11.4. The van der Waals surface area contributed by atoms with Gasteiger partial charge in [0.15, 0.2) is 0 Å². The van der Waals surface area contributed by atoms with Crippen LogP contribution in [0.3, 0.4) is 0 Å². The molecular weight excluding hydrogens is 284 g/mol. The Morgan fingerprint density at radius 3 is 1.78 bits per heavy atom. The Morgan fingerprint density at radius 1 is 0.478 bits per heavy atom. The standard InChI is InChI=1S/C21H38O2/c1-2-5-11-19(10-4-1)22-17-18-9-8-14-21(16-15-18)23-20-12-6-3-7-13-20/h18-21H,1-17H2. The zero-order valence-electron chi connectivity index (χ0n) is 15.1. The van der Waals surface area contributed by atoms with E-state index in [9.17, 15) is 0 Å². The molecule has 0 spiro atoms. The zero-order valence-corrected chi connectivity index (χ0v) is 15.1. The van der Waals surface area contributed by atoms with Crippen molar-refractivity contribution in [1.29, 1.82) is 0 Å². The summed E-state index contributed by atoms with van der Waals surface area (Å²) in [6.07, 6.45) is 23.3. The van der Waals surface area contributed by atoms with Gasteiger partial charge in [0, 0.05) is 6.61 Å². The lowest BCUT2D eigenvalue weighted by molar-refractivity contribution is -0.0373. The van der Waals surface area contributed by atoms with Crippen LogP contribution in [0, 0.1) is 5.92 Å². The maximum absolute atomic E-state index is 6.43. The Bertz CT molecular complexity index is 303. The van der Waals surface area contributed by atoms with Gasteiger partial charge in [-0.3, -0.25) is 0 Å². The van der Waals surface area contributed by atoms with Gasteiger partial charge in [-0.05, 0) is 57.3 Å². The minimum absolute atomic E-state index is 0.543. The van der Waals surface area contributed by atoms with Gasteiger partial charge >= 0.3 is 0 Å². The van der Waals surface area contributed by atoms with Gasteiger partial charge in [0.05, 0.1) is 18.3 Å². The van der Waals surface area contributed by atoms with E-state index in [4.69, 9.17) is 9.47 Å². The maximum Gasteiger partial charge on any atom is 0.0579 e. The van der Waals surface area contributed by atoms with Crippen LogP contribution < -0.4 is 0 Å². The quantitative estimate of drug-likeness (QED) is 0.576. The second kappa shape index (κ2) is 10.0. The highest BCUT2D eigenvalue weighted by Crippen LogP contribution is 2.30. The van der Waals surface area contributed by atoms with Crippen LogP contribution in [0.15, 0.2) is 0 Å². The summed E-state index contributed by atoms with van der Waals surface area (Å²) in [5, 5.41) is 0. The van der Waals surface area contributed by atoms with E-state index in [-0.39, 0.29) is 0 Å². The van der Waals surface area contributed by atoms with E-state index >= 15 is 0 Å². The molecule has 0 aromatic carbocycles. The molecule has 3 aliphatic rings. The van der Waals surface area contributed by atoms with E-state index in [2.05, 4.69) is 0 Å². The van der Waals surface area contributed by atoms with E-state index in [1.54, 1.807) is 0 Å². The Kier molecular flexibility index (Phi) is 7.74. The normalized spacial score (nSPS) is 32.3. The molecule has 2 heteroatoms. The Morgan fingerprint density at radius 2 is 1.04 bits per heavy atom. The van der Waals surface area contributed by atoms with E-state index < -0.39 is 0 Å². The van der Waals surface area contributed by atoms with Gasteiger partial charge in [0.2, 0.25) is 0 Å². The number of hydrogen-bond acceptors (Lipinski definition) is 2. The van der Waals surface area contributed by atoms with Gasteiger partial charge in [-0.15, -0.1) is 0 Å². The first-order valence-electron chi connectivity index (χ1n) is 10.7. The van der Waals surface area contributed by atoms with E-state index in [1.165, 1.54) is 103 Å². The number of rotatable bonds is 5. The second-order valence-corrected chi connectivity index (χ2v) is 8.34. The zero-order chi connectivity index (χ0) is 15.7. The molecule has 0 saturated heterocycles. The molecule has 134 valence electrons. The predicted octanol–water partition coefficient (Wildman–Crippen LogP) is 6.02. The van der Waals surface area contributed by atoms with Crippen LogP contribution in [0.5, 0.6) is 0 Å². The summed E-state index contributed by atoms with van der Waals surface area (Å²) in [5.74, 6) is 0.790. The molecule has 0 amide bonds. The van der Waals surface area contributed by atoms with Gasteiger partial charge in [-0.1, -0.05) is 51.4 Å². The van der Waals surface area contributed by atoms with Crippen molar-refractivity contribution >= 4 is 0 Å². The molecule has 0 aliphatic heterocycles. The summed E-state index contributed by atoms with van der Waals surface area (Å²) in [7, 11) is 0. The van der Waals surface area contributed by atoms with Crippen molar-refractivity contribution in [1.82, 2.24) is 0 Å². The Labute approximate surface area is 143 Å². The van der Waals surface area contributed by atoms with Gasteiger partial charge in [0.25, 0.3) is 0 Å². The summed E-state index contributed by atoms with van der Waals surface area (Å²) in [6, 6.07) is 0. The molecule has 0 aromatic rings. The van der Waals surface area contributed by atoms with Crippen molar-refractivity contribution in [2.24, 2.45) is 5.92 Å². The summed E-state index contributed by atoms with van der Waals surface area (Å²) in [5.41, 5.74) is 0. The highest BCUT2D eigenvalue weighted by atomic mass is 16.5. The summed E-state index contributed by atoms with van der Waals surface area (Å²) in [6.45, 7) is 1.01. The minimum atomic E-state index is 0.543. The van der Waals surface area contributed by atoms with E-state index in [1.807, 2.05) is 0 Å². The van der Waals surface area contributed by atoms with Crippen LogP contribution in [0.25, 0.3) is 0 Å². The van der Waals surface area contributed by atoms with Crippen LogP contribution in [-0.2, 0) is 9.47 Å². The van der Waals surface area contributed by atoms with Crippen molar-refractivity contribution < 1.29 is 9.47 Å². The molecule has 0 heterocycles. The Hall–Kier alpha value is -0.0800. The van der Waals surface area contributed by atoms with Crippen molar-refractivity contribution in [3.63, 3.8) is 0 Å². The first-order valence-corrected chi connectivity index (χ1v) is 10.7. The largest absolute Gasteiger partial charge is 0.378 e. The summed E-state index contributed by atoms with van der Waals surface area (Å²) in [4.78, 5) is 0. The lowest BCUT2D eigenvalue weighted by Gasteiger charge is -2.27. The average Bonchev–Trinajstić information content (AvgIpc) is 2.97. The topological polar surface area (TPSA) is 18.5 Å².